The number of carbonyl (C=O) groups excluding carboxylic acids is 1. The van der Waals surface area contributed by atoms with E-state index in [4.69, 9.17) is 14.2 Å². The Morgan fingerprint density at radius 1 is 1.18 bits per heavy atom. The van der Waals surface area contributed by atoms with Crippen molar-refractivity contribution < 1.29 is 19.0 Å². The fourth-order valence-electron chi connectivity index (χ4n) is 2.48. The largest absolute Gasteiger partial charge is 0.494 e. The van der Waals surface area contributed by atoms with E-state index in [1.54, 1.807) is 33.5 Å². The van der Waals surface area contributed by atoms with Crippen LogP contribution in [0.4, 0.5) is 5.69 Å². The number of amides is 1. The quantitative estimate of drug-likeness (QED) is 0.837. The predicted molar refractivity (Wildman–Crippen MR) is 87.6 cm³/mol. The number of ether oxygens (including phenoxy) is 3. The molecule has 0 aliphatic carbocycles. The summed E-state index contributed by atoms with van der Waals surface area (Å²) in [5.41, 5.74) is 0.582. The average molecular weight is 331 g/mol. The van der Waals surface area contributed by atoms with Gasteiger partial charge in [-0.2, -0.15) is 0 Å². The minimum absolute atomic E-state index is 0. The number of methoxy groups -OCH3 is 3. The van der Waals surface area contributed by atoms with Crippen LogP contribution in [0.25, 0.3) is 0 Å². The lowest BCUT2D eigenvalue weighted by Crippen LogP contribution is -2.27. The number of nitrogens with one attached hydrogen (secondary N) is 2. The minimum atomic E-state index is -0.0417. The molecule has 1 aromatic carbocycles. The summed E-state index contributed by atoms with van der Waals surface area (Å²) in [5.74, 6) is 1.61. The van der Waals surface area contributed by atoms with Crippen molar-refractivity contribution in [2.45, 2.75) is 25.3 Å². The third-order valence-electron chi connectivity index (χ3n) is 3.57. The molecule has 2 rings (SSSR count). The molecule has 1 atom stereocenters. The lowest BCUT2D eigenvalue weighted by atomic mass is 10.1. The first-order chi connectivity index (χ1) is 10.2. The van der Waals surface area contributed by atoms with Crippen molar-refractivity contribution in [3.63, 3.8) is 0 Å². The van der Waals surface area contributed by atoms with Crippen molar-refractivity contribution in [1.82, 2.24) is 5.32 Å². The molecule has 1 aromatic rings. The van der Waals surface area contributed by atoms with E-state index in [-0.39, 0.29) is 24.4 Å². The summed E-state index contributed by atoms with van der Waals surface area (Å²) in [4.78, 5) is 12.1. The van der Waals surface area contributed by atoms with E-state index in [1.807, 2.05) is 0 Å². The molecule has 22 heavy (non-hydrogen) atoms. The van der Waals surface area contributed by atoms with Gasteiger partial charge in [-0.05, 0) is 19.4 Å². The van der Waals surface area contributed by atoms with E-state index >= 15 is 0 Å². The standard InChI is InChI=1S/C15H22N2O4.ClH/c1-19-12-9-14(21-3)13(20-2)8-11(12)17-15(18)7-10-5-4-6-16-10;/h8-10,16H,4-7H2,1-3H3,(H,17,18);1H. The van der Waals surface area contributed by atoms with Crippen molar-refractivity contribution in [3.8, 4) is 17.2 Å². The molecule has 0 radical (unpaired) electrons. The Hall–Kier alpha value is -1.66. The molecular formula is C15H23ClN2O4. The Bertz CT molecular complexity index is 505. The molecule has 0 saturated carbocycles. The summed E-state index contributed by atoms with van der Waals surface area (Å²) in [6.07, 6.45) is 2.62. The Kier molecular flexibility index (Phi) is 7.27. The fraction of sp³-hybridized carbons (Fsp3) is 0.533. The van der Waals surface area contributed by atoms with E-state index < -0.39 is 0 Å². The SMILES string of the molecule is COc1cc(OC)c(OC)cc1NC(=O)CC1CCCN1.Cl. The second kappa shape index (κ2) is 8.70. The monoisotopic (exact) mass is 330 g/mol. The number of hydrogen-bond donors (Lipinski definition) is 2. The molecule has 0 spiro atoms. The van der Waals surface area contributed by atoms with Crippen molar-refractivity contribution >= 4 is 24.0 Å². The number of rotatable bonds is 6. The maximum absolute atomic E-state index is 12.1. The predicted octanol–water partition coefficient (Wildman–Crippen LogP) is 2.21. The molecule has 7 heteroatoms. The number of anilines is 1. The smallest absolute Gasteiger partial charge is 0.226 e. The highest BCUT2D eigenvalue weighted by Crippen LogP contribution is 2.37. The minimum Gasteiger partial charge on any atom is -0.494 e. The average Bonchev–Trinajstić information content (AvgIpc) is 2.99. The highest BCUT2D eigenvalue weighted by Gasteiger charge is 2.19. The molecule has 6 nitrogen and oxygen atoms in total. The van der Waals surface area contributed by atoms with Crippen LogP contribution in [0.15, 0.2) is 12.1 Å². The van der Waals surface area contributed by atoms with Crippen LogP contribution >= 0.6 is 12.4 Å². The fourth-order valence-corrected chi connectivity index (χ4v) is 2.48. The molecule has 1 fully saturated rings. The van der Waals surface area contributed by atoms with Crippen LogP contribution in [0, 0.1) is 0 Å². The third-order valence-corrected chi connectivity index (χ3v) is 3.57. The Morgan fingerprint density at radius 3 is 2.36 bits per heavy atom. The summed E-state index contributed by atoms with van der Waals surface area (Å²) in [7, 11) is 4.66. The summed E-state index contributed by atoms with van der Waals surface area (Å²) in [5, 5.41) is 6.18. The summed E-state index contributed by atoms with van der Waals surface area (Å²) in [6, 6.07) is 3.66. The number of benzene rings is 1. The molecule has 1 aliphatic rings. The van der Waals surface area contributed by atoms with E-state index in [0.717, 1.165) is 19.4 Å². The van der Waals surface area contributed by atoms with Gasteiger partial charge in [0.25, 0.3) is 0 Å². The molecule has 1 aliphatic heterocycles. The van der Waals surface area contributed by atoms with E-state index in [2.05, 4.69) is 10.6 Å². The van der Waals surface area contributed by atoms with Gasteiger partial charge in [0.05, 0.1) is 27.0 Å². The van der Waals surface area contributed by atoms with Gasteiger partial charge in [-0.3, -0.25) is 4.79 Å². The second-order valence-corrected chi connectivity index (χ2v) is 4.95. The molecule has 1 amide bonds. The third kappa shape index (κ3) is 4.42. The normalized spacial score (nSPS) is 16.6. The van der Waals surface area contributed by atoms with Gasteiger partial charge in [0, 0.05) is 24.6 Å². The van der Waals surface area contributed by atoms with Crippen LogP contribution in [0.1, 0.15) is 19.3 Å². The van der Waals surface area contributed by atoms with Crippen LogP contribution in [-0.2, 0) is 4.79 Å². The first-order valence-electron chi connectivity index (χ1n) is 7.01. The van der Waals surface area contributed by atoms with Gasteiger partial charge in [-0.1, -0.05) is 0 Å². The van der Waals surface area contributed by atoms with Gasteiger partial charge in [0.1, 0.15) is 5.75 Å². The zero-order valence-corrected chi connectivity index (χ0v) is 13.9. The maximum Gasteiger partial charge on any atom is 0.226 e. The Balaban J connectivity index is 0.00000242. The molecule has 0 bridgehead atoms. The van der Waals surface area contributed by atoms with Gasteiger partial charge in [0.15, 0.2) is 11.5 Å². The maximum atomic E-state index is 12.1. The van der Waals surface area contributed by atoms with Gasteiger partial charge in [0.2, 0.25) is 5.91 Å². The van der Waals surface area contributed by atoms with Crippen molar-refractivity contribution in [2.75, 3.05) is 33.2 Å². The van der Waals surface area contributed by atoms with Crippen molar-refractivity contribution in [1.29, 1.82) is 0 Å². The molecule has 2 N–H and O–H groups in total. The van der Waals surface area contributed by atoms with Crippen LogP contribution in [0.3, 0.4) is 0 Å². The van der Waals surface area contributed by atoms with Gasteiger partial charge >= 0.3 is 0 Å². The lowest BCUT2D eigenvalue weighted by molar-refractivity contribution is -0.116. The lowest BCUT2D eigenvalue weighted by Gasteiger charge is -2.16. The Labute approximate surface area is 136 Å². The molecular weight excluding hydrogens is 308 g/mol. The number of carbonyl (C=O) groups is 1. The summed E-state index contributed by atoms with van der Waals surface area (Å²) < 4.78 is 15.8. The van der Waals surface area contributed by atoms with Crippen molar-refractivity contribution in [2.24, 2.45) is 0 Å². The molecule has 1 saturated heterocycles. The number of hydrogen-bond acceptors (Lipinski definition) is 5. The zero-order valence-electron chi connectivity index (χ0n) is 13.1. The van der Waals surface area contributed by atoms with Crippen LogP contribution in [0.5, 0.6) is 17.2 Å². The van der Waals surface area contributed by atoms with Crippen LogP contribution in [-0.4, -0.2) is 39.8 Å². The molecule has 1 unspecified atom stereocenters. The van der Waals surface area contributed by atoms with Gasteiger partial charge in [-0.25, -0.2) is 0 Å². The number of halogens is 1. The zero-order chi connectivity index (χ0) is 15.2. The van der Waals surface area contributed by atoms with Crippen LogP contribution in [0.2, 0.25) is 0 Å². The molecule has 0 aromatic heterocycles. The first kappa shape index (κ1) is 18.4. The topological polar surface area (TPSA) is 68.8 Å². The van der Waals surface area contributed by atoms with E-state index in [9.17, 15) is 4.79 Å². The van der Waals surface area contributed by atoms with E-state index in [1.165, 1.54) is 0 Å². The first-order valence-corrected chi connectivity index (χ1v) is 7.01. The second-order valence-electron chi connectivity index (χ2n) is 4.95. The highest BCUT2D eigenvalue weighted by atomic mass is 35.5. The highest BCUT2D eigenvalue weighted by molar-refractivity contribution is 5.93. The molecule has 1 heterocycles. The van der Waals surface area contributed by atoms with Gasteiger partial charge < -0.3 is 24.8 Å². The Morgan fingerprint density at radius 2 is 1.82 bits per heavy atom. The van der Waals surface area contributed by atoms with E-state index in [0.29, 0.717) is 29.4 Å². The summed E-state index contributed by atoms with van der Waals surface area (Å²) >= 11 is 0. The molecule has 124 valence electrons. The van der Waals surface area contributed by atoms with Crippen LogP contribution < -0.4 is 24.8 Å². The van der Waals surface area contributed by atoms with Crippen molar-refractivity contribution in [3.05, 3.63) is 12.1 Å². The van der Waals surface area contributed by atoms with Gasteiger partial charge in [-0.15, -0.1) is 12.4 Å². The summed E-state index contributed by atoms with van der Waals surface area (Å²) in [6.45, 7) is 0.984.